The van der Waals surface area contributed by atoms with Gasteiger partial charge in [0.15, 0.2) is 0 Å². The fraction of sp³-hybridized carbons (Fsp3) is 0.235. The second-order valence-electron chi connectivity index (χ2n) is 4.94. The molecule has 4 heteroatoms. The van der Waals surface area contributed by atoms with Crippen LogP contribution in [0.25, 0.3) is 0 Å². The number of carbonyl (C=O) groups excluding carboxylic acids is 1. The van der Waals surface area contributed by atoms with Crippen LogP contribution < -0.4 is 15.8 Å². The van der Waals surface area contributed by atoms with Gasteiger partial charge in [-0.05, 0) is 49.2 Å². The molecule has 2 rings (SSSR count). The summed E-state index contributed by atoms with van der Waals surface area (Å²) < 4.78 is 5.61. The molecule has 0 bridgehead atoms. The molecule has 0 aliphatic rings. The number of nitrogen functional groups attached to an aromatic ring is 1. The van der Waals surface area contributed by atoms with Gasteiger partial charge in [-0.3, -0.25) is 4.79 Å². The monoisotopic (exact) mass is 284 g/mol. The number of amides is 1. The van der Waals surface area contributed by atoms with Gasteiger partial charge in [-0.2, -0.15) is 0 Å². The van der Waals surface area contributed by atoms with Crippen molar-refractivity contribution in [2.45, 2.75) is 19.8 Å². The molecular formula is C17H20N2O2. The van der Waals surface area contributed by atoms with Gasteiger partial charge in [-0.15, -0.1) is 0 Å². The number of rotatable bonds is 6. The molecule has 0 saturated carbocycles. The number of nitrogens with two attached hydrogens (primary N) is 1. The molecule has 0 heterocycles. The summed E-state index contributed by atoms with van der Waals surface area (Å²) in [5, 5.41) is 2.82. The predicted octanol–water partition coefficient (Wildman–Crippen LogP) is 3.37. The molecule has 4 nitrogen and oxygen atoms in total. The van der Waals surface area contributed by atoms with E-state index in [4.69, 9.17) is 10.5 Å². The van der Waals surface area contributed by atoms with E-state index in [1.54, 1.807) is 12.1 Å². The van der Waals surface area contributed by atoms with Crippen molar-refractivity contribution < 1.29 is 9.53 Å². The number of hydrogen-bond acceptors (Lipinski definition) is 3. The summed E-state index contributed by atoms with van der Waals surface area (Å²) >= 11 is 0. The number of carbonyl (C=O) groups is 1. The Morgan fingerprint density at radius 2 is 2.00 bits per heavy atom. The predicted molar refractivity (Wildman–Crippen MR) is 85.4 cm³/mol. The van der Waals surface area contributed by atoms with E-state index in [0.717, 1.165) is 17.0 Å². The molecule has 1 amide bonds. The van der Waals surface area contributed by atoms with Gasteiger partial charge < -0.3 is 15.8 Å². The van der Waals surface area contributed by atoms with E-state index < -0.39 is 0 Å². The third-order valence-corrected chi connectivity index (χ3v) is 2.98. The van der Waals surface area contributed by atoms with Gasteiger partial charge in [0.1, 0.15) is 5.75 Å². The number of benzene rings is 2. The van der Waals surface area contributed by atoms with Crippen molar-refractivity contribution in [1.29, 1.82) is 0 Å². The van der Waals surface area contributed by atoms with Crippen LogP contribution in [0.3, 0.4) is 0 Å². The molecule has 21 heavy (non-hydrogen) atoms. The summed E-state index contributed by atoms with van der Waals surface area (Å²) in [6.45, 7) is 2.54. The van der Waals surface area contributed by atoms with E-state index in [-0.39, 0.29) is 5.91 Å². The Bertz CT molecular complexity index is 611. The lowest BCUT2D eigenvalue weighted by Gasteiger charge is -2.08. The first-order valence-corrected chi connectivity index (χ1v) is 6.98. The SMILES string of the molecule is Cc1cccc(OCCCC(=O)Nc2cccc(N)c2)c1. The average molecular weight is 284 g/mol. The summed E-state index contributed by atoms with van der Waals surface area (Å²) in [4.78, 5) is 11.8. The van der Waals surface area contributed by atoms with Gasteiger partial charge in [-0.1, -0.05) is 18.2 Å². The fourth-order valence-corrected chi connectivity index (χ4v) is 1.97. The van der Waals surface area contributed by atoms with E-state index in [0.29, 0.717) is 25.1 Å². The standard InChI is InChI=1S/C17H20N2O2/c1-13-5-2-8-16(11-13)21-10-4-9-17(20)19-15-7-3-6-14(18)12-15/h2-3,5-8,11-12H,4,9-10,18H2,1H3,(H,19,20). The largest absolute Gasteiger partial charge is 0.494 e. The maximum atomic E-state index is 11.8. The second kappa shape index (κ2) is 7.33. The Balaban J connectivity index is 1.70. The zero-order chi connectivity index (χ0) is 15.1. The van der Waals surface area contributed by atoms with E-state index in [1.807, 2.05) is 43.3 Å². The molecule has 0 aliphatic heterocycles. The highest BCUT2D eigenvalue weighted by Crippen LogP contribution is 2.14. The lowest BCUT2D eigenvalue weighted by atomic mass is 10.2. The van der Waals surface area contributed by atoms with Gasteiger partial charge in [0.2, 0.25) is 5.91 Å². The van der Waals surface area contributed by atoms with Crippen molar-refractivity contribution in [2.75, 3.05) is 17.7 Å². The smallest absolute Gasteiger partial charge is 0.224 e. The quantitative estimate of drug-likeness (QED) is 0.631. The van der Waals surface area contributed by atoms with Crippen LogP contribution in [-0.4, -0.2) is 12.5 Å². The van der Waals surface area contributed by atoms with Gasteiger partial charge in [0, 0.05) is 17.8 Å². The summed E-state index contributed by atoms with van der Waals surface area (Å²) in [5.74, 6) is 0.805. The first kappa shape index (κ1) is 14.9. The Morgan fingerprint density at radius 1 is 1.19 bits per heavy atom. The highest BCUT2D eigenvalue weighted by molar-refractivity contribution is 5.91. The van der Waals surface area contributed by atoms with E-state index in [9.17, 15) is 4.79 Å². The Kier molecular flexibility index (Phi) is 5.21. The number of hydrogen-bond donors (Lipinski definition) is 2. The van der Waals surface area contributed by atoms with Gasteiger partial charge >= 0.3 is 0 Å². The fourth-order valence-electron chi connectivity index (χ4n) is 1.97. The normalized spacial score (nSPS) is 10.1. The van der Waals surface area contributed by atoms with Gasteiger partial charge in [0.25, 0.3) is 0 Å². The lowest BCUT2D eigenvalue weighted by Crippen LogP contribution is -2.12. The summed E-state index contributed by atoms with van der Waals surface area (Å²) in [6, 6.07) is 15.0. The lowest BCUT2D eigenvalue weighted by molar-refractivity contribution is -0.116. The number of ether oxygens (including phenoxy) is 1. The molecule has 0 spiro atoms. The highest BCUT2D eigenvalue weighted by Gasteiger charge is 2.03. The van der Waals surface area contributed by atoms with Crippen LogP contribution >= 0.6 is 0 Å². The maximum Gasteiger partial charge on any atom is 0.224 e. The summed E-state index contributed by atoms with van der Waals surface area (Å²) in [5.41, 5.74) is 8.18. The van der Waals surface area contributed by atoms with Gasteiger partial charge in [0.05, 0.1) is 6.61 Å². The average Bonchev–Trinajstić information content (AvgIpc) is 2.44. The van der Waals surface area contributed by atoms with Crippen LogP contribution in [0.4, 0.5) is 11.4 Å². The number of nitrogens with one attached hydrogen (secondary N) is 1. The minimum absolute atomic E-state index is 0.0338. The van der Waals surface area contributed by atoms with Crippen molar-refractivity contribution in [3.63, 3.8) is 0 Å². The van der Waals surface area contributed by atoms with E-state index in [2.05, 4.69) is 5.32 Å². The van der Waals surface area contributed by atoms with Crippen LogP contribution in [0, 0.1) is 6.92 Å². The topological polar surface area (TPSA) is 64.3 Å². The van der Waals surface area contributed by atoms with Crippen LogP contribution in [0.2, 0.25) is 0 Å². The molecule has 0 radical (unpaired) electrons. The zero-order valence-electron chi connectivity index (χ0n) is 12.1. The Hall–Kier alpha value is -2.49. The van der Waals surface area contributed by atoms with Crippen LogP contribution in [0.5, 0.6) is 5.75 Å². The molecule has 2 aromatic rings. The number of anilines is 2. The van der Waals surface area contributed by atoms with Crippen molar-refractivity contribution in [3.05, 3.63) is 54.1 Å². The molecular weight excluding hydrogens is 264 g/mol. The molecule has 0 aliphatic carbocycles. The van der Waals surface area contributed by atoms with E-state index >= 15 is 0 Å². The molecule has 0 atom stereocenters. The molecule has 110 valence electrons. The van der Waals surface area contributed by atoms with Gasteiger partial charge in [-0.25, -0.2) is 0 Å². The Morgan fingerprint density at radius 3 is 2.76 bits per heavy atom. The molecule has 3 N–H and O–H groups in total. The summed E-state index contributed by atoms with van der Waals surface area (Å²) in [7, 11) is 0. The maximum absolute atomic E-state index is 11.8. The van der Waals surface area contributed by atoms with E-state index in [1.165, 1.54) is 0 Å². The first-order chi connectivity index (χ1) is 10.1. The molecule has 2 aromatic carbocycles. The highest BCUT2D eigenvalue weighted by atomic mass is 16.5. The molecule has 0 unspecified atom stereocenters. The van der Waals surface area contributed by atoms with Crippen molar-refractivity contribution >= 4 is 17.3 Å². The zero-order valence-corrected chi connectivity index (χ0v) is 12.1. The van der Waals surface area contributed by atoms with Crippen LogP contribution in [-0.2, 0) is 4.79 Å². The minimum Gasteiger partial charge on any atom is -0.494 e. The van der Waals surface area contributed by atoms with Crippen LogP contribution in [0.1, 0.15) is 18.4 Å². The second-order valence-corrected chi connectivity index (χ2v) is 4.94. The van der Waals surface area contributed by atoms with Crippen molar-refractivity contribution in [1.82, 2.24) is 0 Å². The molecule has 0 fully saturated rings. The van der Waals surface area contributed by atoms with Crippen LogP contribution in [0.15, 0.2) is 48.5 Å². The first-order valence-electron chi connectivity index (χ1n) is 6.98. The minimum atomic E-state index is -0.0338. The third-order valence-electron chi connectivity index (χ3n) is 2.98. The summed E-state index contributed by atoms with van der Waals surface area (Å²) in [6.07, 6.45) is 1.09. The number of aryl methyl sites for hydroxylation is 1. The third kappa shape index (κ3) is 5.18. The van der Waals surface area contributed by atoms with Crippen molar-refractivity contribution in [3.8, 4) is 5.75 Å². The molecule has 0 aromatic heterocycles. The molecule has 0 saturated heterocycles. The van der Waals surface area contributed by atoms with Crippen molar-refractivity contribution in [2.24, 2.45) is 0 Å². The Labute approximate surface area is 124 Å².